The van der Waals surface area contributed by atoms with E-state index in [1.807, 2.05) is 11.7 Å². The summed E-state index contributed by atoms with van der Waals surface area (Å²) in [5, 5.41) is 3.72. The van der Waals surface area contributed by atoms with Crippen LogP contribution in [0.4, 0.5) is 0 Å². The highest BCUT2D eigenvalue weighted by Gasteiger charge is 2.34. The van der Waals surface area contributed by atoms with Crippen LogP contribution in [0.1, 0.15) is 38.5 Å². The Bertz CT molecular complexity index is 324. The Hall–Kier alpha value is -0.450. The summed E-state index contributed by atoms with van der Waals surface area (Å²) in [6, 6.07) is 0.470. The molecule has 0 aliphatic heterocycles. The zero-order valence-electron chi connectivity index (χ0n) is 12.4. The third-order valence-electron chi connectivity index (χ3n) is 4.02. The molecule has 0 saturated carbocycles. The summed E-state index contributed by atoms with van der Waals surface area (Å²) in [5.41, 5.74) is 2.10. The lowest BCUT2D eigenvalue weighted by Crippen LogP contribution is -2.57. The standard InChI is InChI=1S/C14H27N3S/c1-6-8-16-13(9-12-10-15-11-18-12)14(3,7-2)17(4)5/h10-11,13,16H,6-9H2,1-5H3. The Morgan fingerprint density at radius 1 is 1.44 bits per heavy atom. The van der Waals surface area contributed by atoms with E-state index in [4.69, 9.17) is 0 Å². The first-order chi connectivity index (χ1) is 8.54. The summed E-state index contributed by atoms with van der Waals surface area (Å²) in [6.45, 7) is 7.91. The van der Waals surface area contributed by atoms with Crippen LogP contribution in [0.25, 0.3) is 0 Å². The van der Waals surface area contributed by atoms with E-state index in [9.17, 15) is 0 Å². The van der Waals surface area contributed by atoms with Crippen LogP contribution >= 0.6 is 11.3 Å². The van der Waals surface area contributed by atoms with Crippen LogP contribution in [0.2, 0.25) is 0 Å². The first-order valence-corrected chi connectivity index (χ1v) is 7.70. The van der Waals surface area contributed by atoms with Crippen molar-refractivity contribution in [3.8, 4) is 0 Å². The van der Waals surface area contributed by atoms with Crippen molar-refractivity contribution in [3.63, 3.8) is 0 Å². The van der Waals surface area contributed by atoms with Crippen LogP contribution in [-0.4, -0.2) is 42.1 Å². The minimum atomic E-state index is 0.180. The van der Waals surface area contributed by atoms with Gasteiger partial charge < -0.3 is 10.2 Å². The molecule has 0 amide bonds. The smallest absolute Gasteiger partial charge is 0.0794 e. The van der Waals surface area contributed by atoms with Crippen molar-refractivity contribution in [2.75, 3.05) is 20.6 Å². The molecule has 1 N–H and O–H groups in total. The van der Waals surface area contributed by atoms with Gasteiger partial charge in [-0.1, -0.05) is 13.8 Å². The van der Waals surface area contributed by atoms with Crippen LogP contribution < -0.4 is 5.32 Å². The van der Waals surface area contributed by atoms with E-state index in [0.29, 0.717) is 6.04 Å². The van der Waals surface area contributed by atoms with E-state index in [1.165, 1.54) is 11.3 Å². The van der Waals surface area contributed by atoms with Crippen LogP contribution in [0.15, 0.2) is 11.7 Å². The molecular formula is C14H27N3S. The van der Waals surface area contributed by atoms with Gasteiger partial charge in [0.25, 0.3) is 0 Å². The Kier molecular flexibility index (Phi) is 6.26. The number of hydrogen-bond donors (Lipinski definition) is 1. The molecule has 4 heteroatoms. The van der Waals surface area contributed by atoms with Gasteiger partial charge in [-0.2, -0.15) is 0 Å². The first kappa shape index (κ1) is 15.6. The minimum absolute atomic E-state index is 0.180. The maximum atomic E-state index is 4.19. The molecule has 104 valence electrons. The normalized spacial score (nSPS) is 16.8. The number of likely N-dealkylation sites (N-methyl/N-ethyl adjacent to an activating group) is 1. The van der Waals surface area contributed by atoms with Crippen molar-refractivity contribution in [2.45, 2.75) is 51.6 Å². The Balaban J connectivity index is 2.82. The topological polar surface area (TPSA) is 28.2 Å². The van der Waals surface area contributed by atoms with E-state index in [1.54, 1.807) is 11.3 Å². The molecule has 1 rings (SSSR count). The van der Waals surface area contributed by atoms with Gasteiger partial charge in [0, 0.05) is 29.1 Å². The van der Waals surface area contributed by atoms with E-state index < -0.39 is 0 Å². The predicted octanol–water partition coefficient (Wildman–Crippen LogP) is 2.78. The molecule has 0 aliphatic carbocycles. The van der Waals surface area contributed by atoms with Gasteiger partial charge in [-0.05, 0) is 40.4 Å². The monoisotopic (exact) mass is 269 g/mol. The summed E-state index contributed by atoms with van der Waals surface area (Å²) in [6.07, 6.45) is 5.37. The van der Waals surface area contributed by atoms with Crippen molar-refractivity contribution in [3.05, 3.63) is 16.6 Å². The zero-order valence-corrected chi connectivity index (χ0v) is 13.2. The van der Waals surface area contributed by atoms with Gasteiger partial charge in [0.15, 0.2) is 0 Å². The van der Waals surface area contributed by atoms with Gasteiger partial charge in [0.05, 0.1) is 5.51 Å². The Morgan fingerprint density at radius 3 is 2.61 bits per heavy atom. The van der Waals surface area contributed by atoms with Gasteiger partial charge >= 0.3 is 0 Å². The first-order valence-electron chi connectivity index (χ1n) is 6.82. The average Bonchev–Trinajstić information content (AvgIpc) is 2.86. The summed E-state index contributed by atoms with van der Waals surface area (Å²) < 4.78 is 0. The molecule has 1 aromatic rings. The molecule has 0 bridgehead atoms. The summed E-state index contributed by atoms with van der Waals surface area (Å²) >= 11 is 1.75. The van der Waals surface area contributed by atoms with Crippen molar-refractivity contribution in [1.29, 1.82) is 0 Å². The van der Waals surface area contributed by atoms with Crippen LogP contribution in [0.3, 0.4) is 0 Å². The largest absolute Gasteiger partial charge is 0.312 e. The Labute approximate surface area is 116 Å². The number of aromatic nitrogens is 1. The summed E-state index contributed by atoms with van der Waals surface area (Å²) in [7, 11) is 4.35. The Morgan fingerprint density at radius 2 is 2.17 bits per heavy atom. The highest BCUT2D eigenvalue weighted by molar-refractivity contribution is 7.09. The number of thiazole rings is 1. The number of rotatable bonds is 8. The van der Waals surface area contributed by atoms with Crippen molar-refractivity contribution >= 4 is 11.3 Å². The molecule has 1 aromatic heterocycles. The van der Waals surface area contributed by atoms with Crippen LogP contribution in [0, 0.1) is 0 Å². The van der Waals surface area contributed by atoms with Crippen molar-refractivity contribution in [1.82, 2.24) is 15.2 Å². The zero-order chi connectivity index (χ0) is 13.6. The van der Waals surface area contributed by atoms with Gasteiger partial charge in [-0.25, -0.2) is 0 Å². The highest BCUT2D eigenvalue weighted by atomic mass is 32.1. The lowest BCUT2D eigenvalue weighted by Gasteiger charge is -2.43. The fourth-order valence-electron chi connectivity index (χ4n) is 2.25. The van der Waals surface area contributed by atoms with E-state index in [-0.39, 0.29) is 5.54 Å². The SMILES string of the molecule is CCCNC(Cc1cncs1)C(C)(CC)N(C)C. The number of nitrogens with one attached hydrogen (secondary N) is 1. The van der Waals surface area contributed by atoms with E-state index in [0.717, 1.165) is 19.4 Å². The lowest BCUT2D eigenvalue weighted by atomic mass is 9.85. The molecule has 0 fully saturated rings. The molecule has 3 nitrogen and oxygen atoms in total. The molecule has 0 aromatic carbocycles. The second-order valence-corrected chi connectivity index (χ2v) is 6.25. The molecule has 2 unspecified atom stereocenters. The molecule has 18 heavy (non-hydrogen) atoms. The number of hydrogen-bond acceptors (Lipinski definition) is 4. The predicted molar refractivity (Wildman–Crippen MR) is 80.3 cm³/mol. The third-order valence-corrected chi connectivity index (χ3v) is 4.82. The average molecular weight is 269 g/mol. The maximum Gasteiger partial charge on any atom is 0.0794 e. The summed E-state index contributed by atoms with van der Waals surface area (Å²) in [5.74, 6) is 0. The third kappa shape index (κ3) is 3.77. The fraction of sp³-hybridized carbons (Fsp3) is 0.786. The molecule has 0 saturated heterocycles. The molecular weight excluding hydrogens is 242 g/mol. The molecule has 0 spiro atoms. The molecule has 0 aliphatic rings. The fourth-order valence-corrected chi connectivity index (χ4v) is 2.89. The number of nitrogens with zero attached hydrogens (tertiary/aromatic N) is 2. The summed E-state index contributed by atoms with van der Waals surface area (Å²) in [4.78, 5) is 7.90. The van der Waals surface area contributed by atoms with Gasteiger partial charge in [0.2, 0.25) is 0 Å². The van der Waals surface area contributed by atoms with Gasteiger partial charge in [0.1, 0.15) is 0 Å². The van der Waals surface area contributed by atoms with E-state index >= 15 is 0 Å². The minimum Gasteiger partial charge on any atom is -0.312 e. The molecule has 0 radical (unpaired) electrons. The van der Waals surface area contributed by atoms with Gasteiger partial charge in [-0.3, -0.25) is 4.98 Å². The van der Waals surface area contributed by atoms with Crippen molar-refractivity contribution in [2.24, 2.45) is 0 Å². The second kappa shape index (κ2) is 7.22. The highest BCUT2D eigenvalue weighted by Crippen LogP contribution is 2.25. The van der Waals surface area contributed by atoms with Gasteiger partial charge in [-0.15, -0.1) is 11.3 Å². The molecule has 1 heterocycles. The quantitative estimate of drug-likeness (QED) is 0.786. The molecule has 2 atom stereocenters. The second-order valence-electron chi connectivity index (χ2n) is 5.28. The van der Waals surface area contributed by atoms with Crippen LogP contribution in [-0.2, 0) is 6.42 Å². The lowest BCUT2D eigenvalue weighted by molar-refractivity contribution is 0.113. The van der Waals surface area contributed by atoms with Crippen molar-refractivity contribution < 1.29 is 0 Å². The maximum absolute atomic E-state index is 4.19. The van der Waals surface area contributed by atoms with Crippen LogP contribution in [0.5, 0.6) is 0 Å². The van der Waals surface area contributed by atoms with E-state index in [2.05, 4.69) is 50.1 Å².